The lowest BCUT2D eigenvalue weighted by atomic mass is 10.1. The summed E-state index contributed by atoms with van der Waals surface area (Å²) >= 11 is 3.41. The van der Waals surface area contributed by atoms with Gasteiger partial charge in [-0.15, -0.1) is 10.2 Å². The van der Waals surface area contributed by atoms with Gasteiger partial charge in [-0.2, -0.15) is 0 Å². The van der Waals surface area contributed by atoms with Crippen molar-refractivity contribution in [2.24, 2.45) is 0 Å². The molecule has 1 N–H and O–H groups in total. The first-order chi connectivity index (χ1) is 8.29. The average Bonchev–Trinajstić information content (AvgIpc) is 2.38. The zero-order valence-corrected chi connectivity index (χ0v) is 11.2. The van der Waals surface area contributed by atoms with Gasteiger partial charge < -0.3 is 5.32 Å². The zero-order chi connectivity index (χ0) is 12.1. The van der Waals surface area contributed by atoms with Crippen molar-refractivity contribution in [3.8, 4) is 11.3 Å². The van der Waals surface area contributed by atoms with Crippen LogP contribution in [0.25, 0.3) is 11.3 Å². The molecule has 1 aromatic heterocycles. The maximum Gasteiger partial charge on any atom is 0.148 e. The van der Waals surface area contributed by atoms with E-state index in [-0.39, 0.29) is 0 Å². The van der Waals surface area contributed by atoms with Gasteiger partial charge in [-0.05, 0) is 30.7 Å². The third kappa shape index (κ3) is 3.27. The number of nitrogens with zero attached hydrogens (tertiary/aromatic N) is 2. The fraction of sp³-hybridized carbons (Fsp3) is 0.231. The van der Waals surface area contributed by atoms with Crippen molar-refractivity contribution < 1.29 is 0 Å². The van der Waals surface area contributed by atoms with Gasteiger partial charge in [0.25, 0.3) is 0 Å². The predicted octanol–water partition coefficient (Wildman–Crippen LogP) is 3.73. The number of nitrogens with one attached hydrogen (secondary N) is 1. The molecule has 0 bridgehead atoms. The summed E-state index contributed by atoms with van der Waals surface area (Å²) in [6.07, 6.45) is 1.08. The van der Waals surface area contributed by atoms with E-state index in [9.17, 15) is 0 Å². The van der Waals surface area contributed by atoms with Crippen LogP contribution in [-0.4, -0.2) is 16.7 Å². The highest BCUT2D eigenvalue weighted by Crippen LogP contribution is 2.19. The molecule has 88 valence electrons. The fourth-order valence-corrected chi connectivity index (χ4v) is 1.72. The van der Waals surface area contributed by atoms with E-state index < -0.39 is 0 Å². The summed E-state index contributed by atoms with van der Waals surface area (Å²) in [6.45, 7) is 3.04. The van der Waals surface area contributed by atoms with Crippen molar-refractivity contribution in [1.29, 1.82) is 0 Å². The van der Waals surface area contributed by atoms with Crippen LogP contribution in [0.2, 0.25) is 0 Å². The number of hydrogen-bond donors (Lipinski definition) is 1. The fourth-order valence-electron chi connectivity index (χ4n) is 1.45. The van der Waals surface area contributed by atoms with Crippen molar-refractivity contribution in [3.05, 3.63) is 40.9 Å². The van der Waals surface area contributed by atoms with E-state index in [2.05, 4.69) is 38.4 Å². The second-order valence-electron chi connectivity index (χ2n) is 3.74. The highest BCUT2D eigenvalue weighted by atomic mass is 79.9. The van der Waals surface area contributed by atoms with Crippen molar-refractivity contribution in [3.63, 3.8) is 0 Å². The molecule has 2 rings (SSSR count). The zero-order valence-electron chi connectivity index (χ0n) is 9.65. The summed E-state index contributed by atoms with van der Waals surface area (Å²) in [7, 11) is 0. The summed E-state index contributed by atoms with van der Waals surface area (Å²) in [5.41, 5.74) is 1.96. The molecule has 0 saturated heterocycles. The molecule has 0 aliphatic heterocycles. The summed E-state index contributed by atoms with van der Waals surface area (Å²) in [5, 5.41) is 11.5. The monoisotopic (exact) mass is 291 g/mol. The van der Waals surface area contributed by atoms with Crippen molar-refractivity contribution in [2.75, 3.05) is 11.9 Å². The lowest BCUT2D eigenvalue weighted by Crippen LogP contribution is -2.02. The molecule has 0 atom stereocenters. The van der Waals surface area contributed by atoms with E-state index in [4.69, 9.17) is 0 Å². The van der Waals surface area contributed by atoms with Crippen molar-refractivity contribution in [2.45, 2.75) is 13.3 Å². The molecule has 0 fully saturated rings. The Morgan fingerprint density at radius 2 is 1.82 bits per heavy atom. The SMILES string of the molecule is CCCNc1ccc(-c2ccc(Br)cc2)nn1. The Morgan fingerprint density at radius 1 is 1.06 bits per heavy atom. The van der Waals surface area contributed by atoms with Crippen LogP contribution in [0.1, 0.15) is 13.3 Å². The molecule has 0 unspecified atom stereocenters. The van der Waals surface area contributed by atoms with Gasteiger partial charge in [0.1, 0.15) is 5.82 Å². The molecule has 0 amide bonds. The Hall–Kier alpha value is -1.42. The second-order valence-corrected chi connectivity index (χ2v) is 4.65. The van der Waals surface area contributed by atoms with Gasteiger partial charge in [-0.3, -0.25) is 0 Å². The Morgan fingerprint density at radius 3 is 2.41 bits per heavy atom. The number of hydrogen-bond acceptors (Lipinski definition) is 3. The highest BCUT2D eigenvalue weighted by Gasteiger charge is 2.00. The van der Waals surface area contributed by atoms with Gasteiger partial charge in [0.15, 0.2) is 0 Å². The summed E-state index contributed by atoms with van der Waals surface area (Å²) in [4.78, 5) is 0. The minimum atomic E-state index is 0.827. The Balaban J connectivity index is 2.14. The van der Waals surface area contributed by atoms with E-state index in [1.54, 1.807) is 0 Å². The second kappa shape index (κ2) is 5.77. The van der Waals surface area contributed by atoms with Gasteiger partial charge in [-0.25, -0.2) is 0 Å². The van der Waals surface area contributed by atoms with Crippen molar-refractivity contribution in [1.82, 2.24) is 10.2 Å². The highest BCUT2D eigenvalue weighted by molar-refractivity contribution is 9.10. The Kier molecular flexibility index (Phi) is 4.09. The topological polar surface area (TPSA) is 37.8 Å². The maximum atomic E-state index is 4.20. The first-order valence-electron chi connectivity index (χ1n) is 5.63. The van der Waals surface area contributed by atoms with Crippen LogP contribution in [0.5, 0.6) is 0 Å². The summed E-state index contributed by atoms with van der Waals surface area (Å²) in [5.74, 6) is 0.827. The van der Waals surface area contributed by atoms with Gasteiger partial charge in [0.2, 0.25) is 0 Å². The maximum absolute atomic E-state index is 4.20. The first-order valence-corrected chi connectivity index (χ1v) is 6.42. The van der Waals surface area contributed by atoms with E-state index in [0.29, 0.717) is 0 Å². The predicted molar refractivity (Wildman–Crippen MR) is 73.9 cm³/mol. The van der Waals surface area contributed by atoms with Crippen LogP contribution in [0, 0.1) is 0 Å². The molecule has 17 heavy (non-hydrogen) atoms. The van der Waals surface area contributed by atoms with E-state index in [1.807, 2.05) is 36.4 Å². The van der Waals surface area contributed by atoms with E-state index >= 15 is 0 Å². The summed E-state index contributed by atoms with van der Waals surface area (Å²) in [6, 6.07) is 12.0. The van der Waals surface area contributed by atoms with Gasteiger partial charge in [0, 0.05) is 16.6 Å². The Bertz CT molecular complexity index is 465. The van der Waals surface area contributed by atoms with Crippen LogP contribution in [0.15, 0.2) is 40.9 Å². The number of anilines is 1. The largest absolute Gasteiger partial charge is 0.369 e. The number of aromatic nitrogens is 2. The van der Waals surface area contributed by atoms with Crippen LogP contribution in [0.3, 0.4) is 0 Å². The number of benzene rings is 1. The molecule has 0 radical (unpaired) electrons. The van der Waals surface area contributed by atoms with Crippen LogP contribution >= 0.6 is 15.9 Å². The van der Waals surface area contributed by atoms with Crippen LogP contribution < -0.4 is 5.32 Å². The molecule has 1 aromatic carbocycles. The van der Waals surface area contributed by atoms with Gasteiger partial charge in [0.05, 0.1) is 5.69 Å². The molecule has 1 heterocycles. The molecule has 0 aliphatic rings. The molecule has 4 heteroatoms. The molecular weight excluding hydrogens is 278 g/mol. The Labute approximate surface area is 109 Å². The lowest BCUT2D eigenvalue weighted by Gasteiger charge is -2.04. The quantitative estimate of drug-likeness (QED) is 0.933. The third-order valence-electron chi connectivity index (χ3n) is 2.36. The molecule has 0 aliphatic carbocycles. The van der Waals surface area contributed by atoms with Crippen LogP contribution in [0.4, 0.5) is 5.82 Å². The molecule has 2 aromatic rings. The minimum Gasteiger partial charge on any atom is -0.369 e. The molecule has 0 spiro atoms. The van der Waals surface area contributed by atoms with E-state index in [1.165, 1.54) is 0 Å². The standard InChI is InChI=1S/C13H14BrN3/c1-2-9-15-13-8-7-12(16-17-13)10-3-5-11(14)6-4-10/h3-8H,2,9H2,1H3,(H,15,17). The summed E-state index contributed by atoms with van der Waals surface area (Å²) < 4.78 is 1.07. The van der Waals surface area contributed by atoms with Gasteiger partial charge in [-0.1, -0.05) is 35.0 Å². The number of halogens is 1. The van der Waals surface area contributed by atoms with Crippen molar-refractivity contribution >= 4 is 21.7 Å². The smallest absolute Gasteiger partial charge is 0.148 e. The number of rotatable bonds is 4. The normalized spacial score (nSPS) is 10.2. The third-order valence-corrected chi connectivity index (χ3v) is 2.89. The average molecular weight is 292 g/mol. The molecule has 3 nitrogen and oxygen atoms in total. The molecule has 0 saturated carbocycles. The van der Waals surface area contributed by atoms with E-state index in [0.717, 1.165) is 34.5 Å². The van der Waals surface area contributed by atoms with Gasteiger partial charge >= 0.3 is 0 Å². The lowest BCUT2D eigenvalue weighted by molar-refractivity contribution is 0.945. The van der Waals surface area contributed by atoms with Crippen LogP contribution in [-0.2, 0) is 0 Å². The minimum absolute atomic E-state index is 0.827. The molecular formula is C13H14BrN3. The first kappa shape index (κ1) is 12.0.